The molecule has 7 heteroatoms. The van der Waals surface area contributed by atoms with E-state index in [0.717, 1.165) is 5.56 Å². The summed E-state index contributed by atoms with van der Waals surface area (Å²) in [5.74, 6) is 4.37. The van der Waals surface area contributed by atoms with Crippen LogP contribution in [0.25, 0.3) is 0 Å². The van der Waals surface area contributed by atoms with Crippen LogP contribution in [-0.2, 0) is 19.6 Å². The summed E-state index contributed by atoms with van der Waals surface area (Å²) in [6.07, 6.45) is -0.203. The molecule has 0 bridgehead atoms. The van der Waals surface area contributed by atoms with E-state index in [2.05, 4.69) is 21.3 Å². The molecular weight excluding hydrogens is 294 g/mol. The highest BCUT2D eigenvalue weighted by atomic mass is 32.2. The average molecular weight is 311 g/mol. The van der Waals surface area contributed by atoms with E-state index in [0.29, 0.717) is 11.3 Å². The first-order valence-electron chi connectivity index (χ1n) is 6.15. The molecule has 2 N–H and O–H groups in total. The van der Waals surface area contributed by atoms with Crippen molar-refractivity contribution in [3.8, 4) is 11.8 Å². The highest BCUT2D eigenvalue weighted by Gasteiger charge is 2.14. The van der Waals surface area contributed by atoms with Crippen LogP contribution in [0.2, 0.25) is 0 Å². The Hall–Kier alpha value is -2.04. The van der Waals surface area contributed by atoms with E-state index in [9.17, 15) is 13.2 Å². The average Bonchev–Trinajstić information content (AvgIpc) is 2.43. The van der Waals surface area contributed by atoms with Crippen LogP contribution in [0.1, 0.15) is 17.5 Å². The predicted molar refractivity (Wildman–Crippen MR) is 79.2 cm³/mol. The fraction of sp³-hybridized carbons (Fsp3) is 0.357. The van der Waals surface area contributed by atoms with Gasteiger partial charge < -0.3 is 9.84 Å². The molecule has 0 fully saturated rings. The summed E-state index contributed by atoms with van der Waals surface area (Å²) in [4.78, 5) is 11.0. The van der Waals surface area contributed by atoms with Crippen molar-refractivity contribution in [3.05, 3.63) is 29.3 Å². The standard InChI is InChI=1S/C14H17NO5S/c1-11-10-13(6-5-12(11)4-3-8-16)15-21(18,19)9-7-14(17)20-2/h5-6,10,15-16H,7-9H2,1-2H3. The number of aryl methyl sites for hydroxylation is 1. The van der Waals surface area contributed by atoms with Crippen molar-refractivity contribution in [1.82, 2.24) is 0 Å². The van der Waals surface area contributed by atoms with Gasteiger partial charge in [-0.3, -0.25) is 9.52 Å². The van der Waals surface area contributed by atoms with Crippen LogP contribution in [0, 0.1) is 18.8 Å². The Bertz CT molecular complexity index is 670. The molecule has 0 unspecified atom stereocenters. The molecule has 0 saturated carbocycles. The minimum Gasteiger partial charge on any atom is -0.469 e. The summed E-state index contributed by atoms with van der Waals surface area (Å²) in [6, 6.07) is 4.87. The number of esters is 1. The second kappa shape index (κ2) is 7.67. The van der Waals surface area contributed by atoms with E-state index < -0.39 is 16.0 Å². The highest BCUT2D eigenvalue weighted by molar-refractivity contribution is 7.92. The first-order valence-corrected chi connectivity index (χ1v) is 7.81. The third kappa shape index (κ3) is 5.85. The Morgan fingerprint density at radius 1 is 1.43 bits per heavy atom. The summed E-state index contributed by atoms with van der Waals surface area (Å²) in [5, 5.41) is 8.65. The first kappa shape index (κ1) is 17.0. The fourth-order valence-corrected chi connectivity index (χ4v) is 2.58. The lowest BCUT2D eigenvalue weighted by Crippen LogP contribution is -2.19. The smallest absolute Gasteiger partial charge is 0.306 e. The maximum atomic E-state index is 11.8. The molecule has 21 heavy (non-hydrogen) atoms. The van der Waals surface area contributed by atoms with E-state index >= 15 is 0 Å². The largest absolute Gasteiger partial charge is 0.469 e. The lowest BCUT2D eigenvalue weighted by Gasteiger charge is -2.09. The molecule has 0 saturated heterocycles. The lowest BCUT2D eigenvalue weighted by atomic mass is 10.1. The number of carbonyl (C=O) groups excluding carboxylic acids is 1. The zero-order valence-corrected chi connectivity index (χ0v) is 12.7. The number of aliphatic hydroxyl groups is 1. The summed E-state index contributed by atoms with van der Waals surface area (Å²) in [7, 11) is -2.41. The molecule has 0 radical (unpaired) electrons. The van der Waals surface area contributed by atoms with E-state index in [1.165, 1.54) is 7.11 Å². The van der Waals surface area contributed by atoms with Gasteiger partial charge in [0.1, 0.15) is 6.61 Å². The zero-order chi connectivity index (χ0) is 15.9. The summed E-state index contributed by atoms with van der Waals surface area (Å²) >= 11 is 0. The van der Waals surface area contributed by atoms with Crippen LogP contribution in [-0.4, -0.2) is 39.0 Å². The predicted octanol–water partition coefficient (Wildman–Crippen LogP) is 0.644. The van der Waals surface area contributed by atoms with Crippen molar-refractivity contribution < 1.29 is 23.1 Å². The van der Waals surface area contributed by atoms with Gasteiger partial charge >= 0.3 is 5.97 Å². The Balaban J connectivity index is 2.79. The lowest BCUT2D eigenvalue weighted by molar-refractivity contribution is -0.140. The van der Waals surface area contributed by atoms with Crippen molar-refractivity contribution in [2.75, 3.05) is 24.2 Å². The second-order valence-corrected chi connectivity index (χ2v) is 6.08. The summed E-state index contributed by atoms with van der Waals surface area (Å²) in [6.45, 7) is 1.55. The first-order chi connectivity index (χ1) is 9.88. The van der Waals surface area contributed by atoms with Gasteiger partial charge in [-0.05, 0) is 30.7 Å². The molecule has 0 aliphatic heterocycles. The summed E-state index contributed by atoms with van der Waals surface area (Å²) < 4.78 is 30.4. The minimum atomic E-state index is -3.61. The number of carbonyl (C=O) groups is 1. The van der Waals surface area contributed by atoms with Crippen LogP contribution in [0.5, 0.6) is 0 Å². The zero-order valence-electron chi connectivity index (χ0n) is 11.8. The molecule has 0 heterocycles. The second-order valence-electron chi connectivity index (χ2n) is 4.24. The molecule has 1 rings (SSSR count). The molecule has 1 aromatic carbocycles. The van der Waals surface area contributed by atoms with Crippen molar-refractivity contribution >= 4 is 21.7 Å². The number of ether oxygens (including phenoxy) is 1. The van der Waals surface area contributed by atoms with Crippen molar-refractivity contribution in [1.29, 1.82) is 0 Å². The van der Waals surface area contributed by atoms with Gasteiger partial charge in [-0.25, -0.2) is 8.42 Å². The van der Waals surface area contributed by atoms with Gasteiger partial charge in [-0.1, -0.05) is 11.8 Å². The summed E-state index contributed by atoms with van der Waals surface area (Å²) in [5.41, 5.74) is 1.89. The number of sulfonamides is 1. The Kier molecular flexibility index (Phi) is 6.21. The Labute approximate surface area is 124 Å². The molecule has 6 nitrogen and oxygen atoms in total. The van der Waals surface area contributed by atoms with E-state index in [4.69, 9.17) is 5.11 Å². The Morgan fingerprint density at radius 3 is 2.71 bits per heavy atom. The van der Waals surface area contributed by atoms with Crippen molar-refractivity contribution in [2.45, 2.75) is 13.3 Å². The molecule has 0 spiro atoms. The number of hydrogen-bond acceptors (Lipinski definition) is 5. The molecule has 0 atom stereocenters. The van der Waals surface area contributed by atoms with Crippen LogP contribution < -0.4 is 4.72 Å². The van der Waals surface area contributed by atoms with Crippen molar-refractivity contribution in [2.24, 2.45) is 0 Å². The maximum absolute atomic E-state index is 11.8. The number of benzene rings is 1. The van der Waals surface area contributed by atoms with Gasteiger partial charge in [0.25, 0.3) is 0 Å². The highest BCUT2D eigenvalue weighted by Crippen LogP contribution is 2.16. The number of methoxy groups -OCH3 is 1. The van der Waals surface area contributed by atoms with Crippen molar-refractivity contribution in [3.63, 3.8) is 0 Å². The fourth-order valence-electron chi connectivity index (χ4n) is 1.55. The maximum Gasteiger partial charge on any atom is 0.306 e. The monoisotopic (exact) mass is 311 g/mol. The number of nitrogens with one attached hydrogen (secondary N) is 1. The molecule has 0 aromatic heterocycles. The third-order valence-electron chi connectivity index (χ3n) is 2.60. The van der Waals surface area contributed by atoms with Crippen LogP contribution in [0.4, 0.5) is 5.69 Å². The number of hydrogen-bond donors (Lipinski definition) is 2. The molecule has 0 aliphatic carbocycles. The van der Waals surface area contributed by atoms with Crippen LogP contribution >= 0.6 is 0 Å². The van der Waals surface area contributed by atoms with Gasteiger partial charge in [0.05, 0.1) is 19.3 Å². The molecule has 1 aromatic rings. The van der Waals surface area contributed by atoms with Gasteiger partial charge in [0.15, 0.2) is 0 Å². The topological polar surface area (TPSA) is 92.7 Å². The normalized spacial score (nSPS) is 10.4. The molecule has 0 amide bonds. The van der Waals surface area contributed by atoms with Gasteiger partial charge in [0, 0.05) is 11.3 Å². The SMILES string of the molecule is COC(=O)CCS(=O)(=O)Nc1ccc(C#CCO)c(C)c1. The Morgan fingerprint density at radius 2 is 2.14 bits per heavy atom. The van der Waals surface area contributed by atoms with Gasteiger partial charge in [-0.2, -0.15) is 0 Å². The van der Waals surface area contributed by atoms with E-state index in [1.54, 1.807) is 25.1 Å². The quantitative estimate of drug-likeness (QED) is 0.615. The molecule has 114 valence electrons. The van der Waals surface area contributed by atoms with E-state index in [1.807, 2.05) is 0 Å². The van der Waals surface area contributed by atoms with Crippen LogP contribution in [0.15, 0.2) is 18.2 Å². The number of anilines is 1. The van der Waals surface area contributed by atoms with Gasteiger partial charge in [0.2, 0.25) is 10.0 Å². The van der Waals surface area contributed by atoms with Crippen LogP contribution in [0.3, 0.4) is 0 Å². The van der Waals surface area contributed by atoms with Gasteiger partial charge in [-0.15, -0.1) is 0 Å². The third-order valence-corrected chi connectivity index (χ3v) is 3.89. The minimum absolute atomic E-state index is 0.203. The molecule has 0 aliphatic rings. The number of rotatable bonds is 5. The molecular formula is C14H17NO5S. The number of aliphatic hydroxyl groups excluding tert-OH is 1. The van der Waals surface area contributed by atoms with E-state index in [-0.39, 0.29) is 18.8 Å².